The summed E-state index contributed by atoms with van der Waals surface area (Å²) in [5.41, 5.74) is 0. The molecule has 0 bridgehead atoms. The summed E-state index contributed by atoms with van der Waals surface area (Å²) in [6.07, 6.45) is 0.485. The van der Waals surface area contributed by atoms with Gasteiger partial charge in [0.1, 0.15) is 0 Å². The van der Waals surface area contributed by atoms with E-state index in [1.54, 1.807) is 7.11 Å². The highest BCUT2D eigenvalue weighted by atomic mass is 32.1. The van der Waals surface area contributed by atoms with Crippen molar-refractivity contribution in [3.63, 3.8) is 0 Å². The van der Waals surface area contributed by atoms with E-state index in [-0.39, 0.29) is 6.04 Å². The fraction of sp³-hybridized carbons (Fsp3) is 0.818. The lowest BCUT2D eigenvalue weighted by Crippen LogP contribution is -2.48. The predicted molar refractivity (Wildman–Crippen MR) is 69.1 cm³/mol. The van der Waals surface area contributed by atoms with Gasteiger partial charge in [-0.15, -0.1) is 0 Å². The van der Waals surface area contributed by atoms with Crippen LogP contribution in [-0.4, -0.2) is 42.4 Å². The van der Waals surface area contributed by atoms with Crippen molar-refractivity contribution in [1.29, 1.82) is 5.26 Å². The highest BCUT2D eigenvalue weighted by molar-refractivity contribution is 7.80. The van der Waals surface area contributed by atoms with Crippen LogP contribution in [0.1, 0.15) is 27.2 Å². The molecule has 0 radical (unpaired) electrons. The lowest BCUT2D eigenvalue weighted by Gasteiger charge is -2.30. The Morgan fingerprint density at radius 3 is 2.56 bits per heavy atom. The van der Waals surface area contributed by atoms with Gasteiger partial charge in [0.15, 0.2) is 5.11 Å². The lowest BCUT2D eigenvalue weighted by molar-refractivity contribution is 0.177. The average molecular weight is 243 g/mol. The Labute approximate surface area is 104 Å². The molecule has 16 heavy (non-hydrogen) atoms. The van der Waals surface area contributed by atoms with E-state index < -0.39 is 0 Å². The third-order valence-electron chi connectivity index (χ3n) is 2.14. The van der Waals surface area contributed by atoms with E-state index in [9.17, 15) is 0 Å². The van der Waals surface area contributed by atoms with E-state index in [0.717, 1.165) is 0 Å². The van der Waals surface area contributed by atoms with Gasteiger partial charge in [-0.2, -0.15) is 5.26 Å². The second kappa shape index (κ2) is 8.31. The van der Waals surface area contributed by atoms with Crippen LogP contribution in [0.25, 0.3) is 0 Å². The van der Waals surface area contributed by atoms with Crippen LogP contribution in [0.5, 0.6) is 0 Å². The van der Waals surface area contributed by atoms with E-state index in [2.05, 4.69) is 25.2 Å². The summed E-state index contributed by atoms with van der Waals surface area (Å²) < 4.78 is 5.03. The first-order valence-corrected chi connectivity index (χ1v) is 5.86. The molecule has 0 saturated carbocycles. The Hall–Kier alpha value is -0.860. The Kier molecular flexibility index (Phi) is 7.86. The van der Waals surface area contributed by atoms with Crippen LogP contribution in [0.2, 0.25) is 0 Å². The topological polar surface area (TPSA) is 48.3 Å². The quantitative estimate of drug-likeness (QED) is 0.717. The van der Waals surface area contributed by atoms with Crippen molar-refractivity contribution in [3.05, 3.63) is 0 Å². The summed E-state index contributed by atoms with van der Waals surface area (Å²) in [4.78, 5) is 2.02. The Morgan fingerprint density at radius 2 is 2.12 bits per heavy atom. The molecule has 0 aromatic heterocycles. The molecular weight excluding hydrogens is 222 g/mol. The van der Waals surface area contributed by atoms with Gasteiger partial charge in [0, 0.05) is 25.7 Å². The van der Waals surface area contributed by atoms with Crippen molar-refractivity contribution in [1.82, 2.24) is 10.2 Å². The maximum atomic E-state index is 8.58. The van der Waals surface area contributed by atoms with Gasteiger partial charge in [-0.25, -0.2) is 0 Å². The summed E-state index contributed by atoms with van der Waals surface area (Å²) in [6, 6.07) is 2.61. The lowest BCUT2D eigenvalue weighted by atomic mass is 10.3. The zero-order valence-electron chi connectivity index (χ0n) is 10.5. The molecule has 4 nitrogen and oxygen atoms in total. The van der Waals surface area contributed by atoms with Crippen molar-refractivity contribution in [3.8, 4) is 6.07 Å². The third kappa shape index (κ3) is 5.89. The van der Waals surface area contributed by atoms with E-state index in [0.29, 0.717) is 30.7 Å². The minimum Gasteiger partial charge on any atom is -0.383 e. The van der Waals surface area contributed by atoms with Crippen LogP contribution in [0, 0.1) is 11.3 Å². The van der Waals surface area contributed by atoms with Gasteiger partial charge in [0.25, 0.3) is 0 Å². The normalized spacial score (nSPS) is 12.0. The number of rotatable bonds is 6. The van der Waals surface area contributed by atoms with Gasteiger partial charge >= 0.3 is 0 Å². The monoisotopic (exact) mass is 243 g/mol. The molecular formula is C11H21N3OS. The molecule has 5 heteroatoms. The molecule has 0 amide bonds. The Morgan fingerprint density at radius 1 is 1.50 bits per heavy atom. The van der Waals surface area contributed by atoms with Gasteiger partial charge in [0.05, 0.1) is 19.1 Å². The molecule has 92 valence electrons. The fourth-order valence-corrected chi connectivity index (χ4v) is 1.85. The largest absolute Gasteiger partial charge is 0.383 e. The summed E-state index contributed by atoms with van der Waals surface area (Å²) >= 11 is 5.31. The van der Waals surface area contributed by atoms with Crippen molar-refractivity contribution >= 4 is 17.3 Å². The number of nitriles is 1. The van der Waals surface area contributed by atoms with Crippen molar-refractivity contribution < 1.29 is 4.74 Å². The van der Waals surface area contributed by atoms with Crippen molar-refractivity contribution in [2.45, 2.75) is 39.3 Å². The summed E-state index contributed by atoms with van der Waals surface area (Å²) in [7, 11) is 1.66. The molecule has 0 spiro atoms. The SMILES string of the molecule is COCC(C)NC(=S)N(CCC#N)C(C)C. The summed E-state index contributed by atoms with van der Waals surface area (Å²) in [5, 5.41) is 12.5. The van der Waals surface area contributed by atoms with Crippen LogP contribution in [0.3, 0.4) is 0 Å². The zero-order chi connectivity index (χ0) is 12.6. The molecule has 0 fully saturated rings. The first-order chi connectivity index (χ1) is 7.52. The molecule has 0 aliphatic rings. The molecule has 0 aromatic rings. The highest BCUT2D eigenvalue weighted by Crippen LogP contribution is 2.01. The fourth-order valence-electron chi connectivity index (χ4n) is 1.35. The minimum atomic E-state index is 0.181. The smallest absolute Gasteiger partial charge is 0.169 e. The number of nitrogens with zero attached hydrogens (tertiary/aromatic N) is 2. The molecule has 0 saturated heterocycles. The van der Waals surface area contributed by atoms with Gasteiger partial charge in [0.2, 0.25) is 0 Å². The molecule has 1 N–H and O–H groups in total. The molecule has 0 rings (SSSR count). The van der Waals surface area contributed by atoms with Crippen LogP contribution < -0.4 is 5.32 Å². The summed E-state index contributed by atoms with van der Waals surface area (Å²) in [5.74, 6) is 0. The number of ether oxygens (including phenoxy) is 1. The second-order valence-corrected chi connectivity index (χ2v) is 4.39. The van der Waals surface area contributed by atoms with Crippen molar-refractivity contribution in [2.75, 3.05) is 20.3 Å². The molecule has 1 atom stereocenters. The van der Waals surface area contributed by atoms with Crippen LogP contribution in [-0.2, 0) is 4.74 Å². The van der Waals surface area contributed by atoms with Crippen LogP contribution >= 0.6 is 12.2 Å². The molecule has 0 heterocycles. The Bertz CT molecular complexity index is 250. The standard InChI is InChI=1S/C11H21N3OS/c1-9(2)14(7-5-6-12)11(16)13-10(3)8-15-4/h9-10H,5,7-8H2,1-4H3,(H,13,16). The van der Waals surface area contributed by atoms with E-state index in [1.165, 1.54) is 0 Å². The number of hydrogen-bond donors (Lipinski definition) is 1. The first-order valence-electron chi connectivity index (χ1n) is 5.46. The maximum absolute atomic E-state index is 8.58. The van der Waals surface area contributed by atoms with E-state index in [1.807, 2.05) is 11.8 Å². The number of hydrogen-bond acceptors (Lipinski definition) is 3. The van der Waals surface area contributed by atoms with Gasteiger partial charge in [-0.1, -0.05) is 0 Å². The first kappa shape index (κ1) is 15.1. The minimum absolute atomic E-state index is 0.181. The third-order valence-corrected chi connectivity index (χ3v) is 2.49. The van der Waals surface area contributed by atoms with Gasteiger partial charge < -0.3 is 15.0 Å². The molecule has 0 aliphatic carbocycles. The number of thiocarbonyl (C=S) groups is 1. The van der Waals surface area contributed by atoms with E-state index in [4.69, 9.17) is 22.2 Å². The van der Waals surface area contributed by atoms with Crippen LogP contribution in [0.15, 0.2) is 0 Å². The Balaban J connectivity index is 4.22. The molecule has 0 aliphatic heterocycles. The van der Waals surface area contributed by atoms with Crippen molar-refractivity contribution in [2.24, 2.45) is 0 Å². The molecule has 1 unspecified atom stereocenters. The van der Waals surface area contributed by atoms with Crippen LogP contribution in [0.4, 0.5) is 0 Å². The second-order valence-electron chi connectivity index (χ2n) is 4.00. The molecule has 0 aromatic carbocycles. The zero-order valence-corrected chi connectivity index (χ0v) is 11.3. The van der Waals surface area contributed by atoms with E-state index >= 15 is 0 Å². The van der Waals surface area contributed by atoms with Gasteiger partial charge in [-0.3, -0.25) is 0 Å². The highest BCUT2D eigenvalue weighted by Gasteiger charge is 2.14. The number of methoxy groups -OCH3 is 1. The summed E-state index contributed by atoms with van der Waals surface area (Å²) in [6.45, 7) is 7.42. The van der Waals surface area contributed by atoms with Gasteiger partial charge in [-0.05, 0) is 33.0 Å². The predicted octanol–water partition coefficient (Wildman–Crippen LogP) is 1.52. The average Bonchev–Trinajstić information content (AvgIpc) is 2.17. The maximum Gasteiger partial charge on any atom is 0.169 e. The number of nitrogens with one attached hydrogen (secondary N) is 1.